The fourth-order valence-electron chi connectivity index (χ4n) is 2.18. The number of fused-ring (bicyclic) bond motifs is 1. The summed E-state index contributed by atoms with van der Waals surface area (Å²) in [5.41, 5.74) is 1.18. The highest BCUT2D eigenvalue weighted by Gasteiger charge is 2.43. The van der Waals surface area contributed by atoms with E-state index in [1.807, 2.05) is 0 Å². The second kappa shape index (κ2) is 2.46. The molecule has 1 heterocycles. The summed E-state index contributed by atoms with van der Waals surface area (Å²) in [6, 6.07) is 0. The highest BCUT2D eigenvalue weighted by atomic mass is 16.7. The maximum atomic E-state index is 9.42. The monoisotopic (exact) mass is 169 g/mol. The summed E-state index contributed by atoms with van der Waals surface area (Å²) >= 11 is 0. The molecule has 1 fully saturated rings. The van der Waals surface area contributed by atoms with Gasteiger partial charge in [0.15, 0.2) is 0 Å². The SMILES string of the molecule is CC1(C)CCC[C@H]2C1=NO[C@H]2O. The molecule has 2 rings (SSSR count). The van der Waals surface area contributed by atoms with Crippen LogP contribution in [0.5, 0.6) is 0 Å². The first kappa shape index (κ1) is 8.05. The maximum Gasteiger partial charge on any atom is 0.232 e. The van der Waals surface area contributed by atoms with Gasteiger partial charge in [-0.05, 0) is 12.8 Å². The van der Waals surface area contributed by atoms with E-state index in [-0.39, 0.29) is 11.3 Å². The Bertz CT molecular complexity index is 223. The Morgan fingerprint density at radius 2 is 2.33 bits per heavy atom. The average molecular weight is 169 g/mol. The lowest BCUT2D eigenvalue weighted by molar-refractivity contribution is -0.101. The maximum absolute atomic E-state index is 9.42. The molecule has 3 nitrogen and oxygen atoms in total. The lowest BCUT2D eigenvalue weighted by Crippen LogP contribution is -2.37. The number of aliphatic hydroxyl groups excluding tert-OH is 1. The number of hydrogen-bond acceptors (Lipinski definition) is 3. The van der Waals surface area contributed by atoms with Gasteiger partial charge >= 0.3 is 0 Å². The van der Waals surface area contributed by atoms with Crippen LogP contribution >= 0.6 is 0 Å². The van der Waals surface area contributed by atoms with Gasteiger partial charge in [-0.25, -0.2) is 0 Å². The smallest absolute Gasteiger partial charge is 0.232 e. The van der Waals surface area contributed by atoms with E-state index in [4.69, 9.17) is 4.84 Å². The topological polar surface area (TPSA) is 41.8 Å². The van der Waals surface area contributed by atoms with Gasteiger partial charge < -0.3 is 9.94 Å². The van der Waals surface area contributed by atoms with Crippen molar-refractivity contribution in [2.45, 2.75) is 39.4 Å². The number of hydrogen-bond donors (Lipinski definition) is 1. The Labute approximate surface area is 72.4 Å². The molecule has 1 aliphatic heterocycles. The number of nitrogens with zero attached hydrogens (tertiary/aromatic N) is 1. The van der Waals surface area contributed by atoms with E-state index >= 15 is 0 Å². The summed E-state index contributed by atoms with van der Waals surface area (Å²) in [6.07, 6.45) is 2.65. The minimum absolute atomic E-state index is 0.125. The van der Waals surface area contributed by atoms with Crippen molar-refractivity contribution in [3.05, 3.63) is 0 Å². The summed E-state index contributed by atoms with van der Waals surface area (Å²) in [4.78, 5) is 4.88. The fourth-order valence-corrected chi connectivity index (χ4v) is 2.18. The van der Waals surface area contributed by atoms with Crippen molar-refractivity contribution in [2.24, 2.45) is 16.5 Å². The van der Waals surface area contributed by atoms with Crippen LogP contribution in [0.4, 0.5) is 0 Å². The van der Waals surface area contributed by atoms with Crippen LogP contribution in [0.15, 0.2) is 5.16 Å². The Kier molecular flexibility index (Phi) is 1.65. The summed E-state index contributed by atoms with van der Waals surface area (Å²) in [7, 11) is 0. The third-order valence-electron chi connectivity index (χ3n) is 2.96. The van der Waals surface area contributed by atoms with Gasteiger partial charge in [0.1, 0.15) is 0 Å². The Morgan fingerprint density at radius 1 is 1.58 bits per heavy atom. The van der Waals surface area contributed by atoms with Crippen LogP contribution in [0.3, 0.4) is 0 Å². The van der Waals surface area contributed by atoms with Crippen molar-refractivity contribution in [2.75, 3.05) is 0 Å². The van der Waals surface area contributed by atoms with Gasteiger partial charge in [0, 0.05) is 5.41 Å². The van der Waals surface area contributed by atoms with E-state index in [1.165, 1.54) is 0 Å². The van der Waals surface area contributed by atoms with Gasteiger partial charge in [0.2, 0.25) is 6.29 Å². The lowest BCUT2D eigenvalue weighted by atomic mass is 9.70. The Hall–Kier alpha value is -0.570. The number of aliphatic hydroxyl groups is 1. The zero-order valence-corrected chi connectivity index (χ0v) is 7.58. The first-order valence-electron chi connectivity index (χ1n) is 4.53. The minimum Gasteiger partial charge on any atom is -0.363 e. The molecule has 0 aromatic heterocycles. The molecule has 68 valence electrons. The molecular weight excluding hydrogens is 154 g/mol. The van der Waals surface area contributed by atoms with E-state index in [1.54, 1.807) is 0 Å². The second-order valence-electron chi connectivity index (χ2n) is 4.36. The molecule has 0 aromatic carbocycles. The molecule has 3 heteroatoms. The summed E-state index contributed by atoms with van der Waals surface area (Å²) < 4.78 is 0. The molecule has 0 amide bonds. The van der Waals surface area contributed by atoms with Crippen LogP contribution in [0.2, 0.25) is 0 Å². The van der Waals surface area contributed by atoms with E-state index in [0.717, 1.165) is 25.0 Å². The standard InChI is InChI=1S/C9H15NO2/c1-9(2)5-3-4-6-7(9)10-12-8(6)11/h6,8,11H,3-5H2,1-2H3/t6-,8+/m0/s1. The van der Waals surface area contributed by atoms with Crippen LogP contribution in [-0.4, -0.2) is 17.1 Å². The molecule has 0 aromatic rings. The molecule has 2 aliphatic rings. The van der Waals surface area contributed by atoms with Crippen molar-refractivity contribution in [1.29, 1.82) is 0 Å². The van der Waals surface area contributed by atoms with Gasteiger partial charge in [-0.2, -0.15) is 0 Å². The van der Waals surface area contributed by atoms with E-state index in [9.17, 15) is 5.11 Å². The molecule has 0 spiro atoms. The molecule has 1 saturated carbocycles. The number of oxime groups is 1. The average Bonchev–Trinajstić information content (AvgIpc) is 2.33. The quantitative estimate of drug-likeness (QED) is 0.597. The van der Waals surface area contributed by atoms with Crippen molar-refractivity contribution in [3.8, 4) is 0 Å². The zero-order valence-electron chi connectivity index (χ0n) is 7.58. The van der Waals surface area contributed by atoms with Crippen LogP contribution in [0.1, 0.15) is 33.1 Å². The third kappa shape index (κ3) is 1.04. The molecule has 0 bridgehead atoms. The van der Waals surface area contributed by atoms with E-state index in [0.29, 0.717) is 0 Å². The highest BCUT2D eigenvalue weighted by Crippen LogP contribution is 2.40. The largest absolute Gasteiger partial charge is 0.363 e. The molecule has 1 aliphatic carbocycles. The third-order valence-corrected chi connectivity index (χ3v) is 2.96. The molecule has 2 atom stereocenters. The minimum atomic E-state index is -0.681. The van der Waals surface area contributed by atoms with Crippen molar-refractivity contribution >= 4 is 5.71 Å². The summed E-state index contributed by atoms with van der Waals surface area (Å²) in [5, 5.41) is 13.4. The van der Waals surface area contributed by atoms with Gasteiger partial charge in [-0.3, -0.25) is 0 Å². The van der Waals surface area contributed by atoms with Crippen molar-refractivity contribution in [1.82, 2.24) is 0 Å². The highest BCUT2D eigenvalue weighted by molar-refractivity contribution is 5.93. The first-order chi connectivity index (χ1) is 5.61. The van der Waals surface area contributed by atoms with Gasteiger partial charge in [-0.15, -0.1) is 0 Å². The van der Waals surface area contributed by atoms with Crippen LogP contribution in [-0.2, 0) is 4.84 Å². The van der Waals surface area contributed by atoms with Crippen LogP contribution < -0.4 is 0 Å². The molecular formula is C9H15NO2. The lowest BCUT2D eigenvalue weighted by Gasteiger charge is -2.32. The van der Waals surface area contributed by atoms with Crippen LogP contribution in [0.25, 0.3) is 0 Å². The first-order valence-corrected chi connectivity index (χ1v) is 4.53. The van der Waals surface area contributed by atoms with E-state index < -0.39 is 6.29 Å². The van der Waals surface area contributed by atoms with Gasteiger partial charge in [-0.1, -0.05) is 25.4 Å². The molecule has 0 saturated heterocycles. The zero-order chi connectivity index (χ0) is 8.77. The van der Waals surface area contributed by atoms with Crippen LogP contribution in [0, 0.1) is 11.3 Å². The van der Waals surface area contributed by atoms with Gasteiger partial charge in [0.25, 0.3) is 0 Å². The summed E-state index contributed by atoms with van der Waals surface area (Å²) in [5.74, 6) is 0.161. The molecule has 1 N–H and O–H groups in total. The predicted molar refractivity (Wildman–Crippen MR) is 45.6 cm³/mol. The summed E-state index contributed by atoms with van der Waals surface area (Å²) in [6.45, 7) is 4.33. The van der Waals surface area contributed by atoms with E-state index in [2.05, 4.69) is 19.0 Å². The Balaban J connectivity index is 2.25. The fraction of sp³-hybridized carbons (Fsp3) is 0.889. The molecule has 0 unspecified atom stereocenters. The molecule has 0 radical (unpaired) electrons. The van der Waals surface area contributed by atoms with Gasteiger partial charge in [0.05, 0.1) is 11.6 Å². The Morgan fingerprint density at radius 3 is 3.00 bits per heavy atom. The normalized spacial score (nSPS) is 38.4. The number of rotatable bonds is 0. The van der Waals surface area contributed by atoms with Crippen molar-refractivity contribution in [3.63, 3.8) is 0 Å². The second-order valence-corrected chi connectivity index (χ2v) is 4.36. The predicted octanol–water partition coefficient (Wildman–Crippen LogP) is 1.52. The molecule has 12 heavy (non-hydrogen) atoms. The van der Waals surface area contributed by atoms with Crippen molar-refractivity contribution < 1.29 is 9.94 Å².